The average Bonchev–Trinajstić information content (AvgIpc) is 3.25. The van der Waals surface area contributed by atoms with Crippen LogP contribution in [0.15, 0.2) is 66.3 Å². The Labute approximate surface area is 190 Å². The Kier molecular flexibility index (Phi) is 6.10. The lowest BCUT2D eigenvalue weighted by molar-refractivity contribution is -0.137. The number of thiazole rings is 1. The van der Waals surface area contributed by atoms with Gasteiger partial charge in [0.05, 0.1) is 16.8 Å². The van der Waals surface area contributed by atoms with Gasteiger partial charge in [0.1, 0.15) is 5.82 Å². The summed E-state index contributed by atoms with van der Waals surface area (Å²) < 4.78 is 52.8. The van der Waals surface area contributed by atoms with Gasteiger partial charge in [-0.1, -0.05) is 6.07 Å². The number of aryl methyl sites for hydroxylation is 1. The molecule has 0 unspecified atom stereocenters. The Hall–Kier alpha value is -3.79. The molecule has 2 aromatic heterocycles. The van der Waals surface area contributed by atoms with E-state index in [0.717, 1.165) is 16.8 Å². The van der Waals surface area contributed by atoms with Gasteiger partial charge in [-0.25, -0.2) is 9.37 Å². The highest BCUT2D eigenvalue weighted by Crippen LogP contribution is 2.32. The van der Waals surface area contributed by atoms with E-state index in [-0.39, 0.29) is 5.69 Å². The molecule has 2 N–H and O–H groups in total. The number of aromatic nitrogens is 2. The topological polar surface area (TPSA) is 66.9 Å². The number of carbonyl (C=O) groups excluding carboxylic acids is 1. The molecule has 2 heterocycles. The molecule has 33 heavy (non-hydrogen) atoms. The summed E-state index contributed by atoms with van der Waals surface area (Å²) in [4.78, 5) is 21.1. The third kappa shape index (κ3) is 5.17. The monoisotopic (exact) mass is 472 g/mol. The predicted octanol–water partition coefficient (Wildman–Crippen LogP) is 6.67. The van der Waals surface area contributed by atoms with Crippen LogP contribution in [0.2, 0.25) is 0 Å². The summed E-state index contributed by atoms with van der Waals surface area (Å²) in [6.45, 7) is 1.84. The fraction of sp³-hybridized carbons (Fsp3) is 0.0870. The molecule has 0 aliphatic rings. The summed E-state index contributed by atoms with van der Waals surface area (Å²) in [5.41, 5.74) is 1.57. The molecular formula is C23H16F4N4OS. The summed E-state index contributed by atoms with van der Waals surface area (Å²) in [7, 11) is 0. The zero-order valence-corrected chi connectivity index (χ0v) is 17.9. The Bertz CT molecular complexity index is 1310. The maximum absolute atomic E-state index is 14.0. The smallest absolute Gasteiger partial charge is 0.331 e. The molecule has 0 bridgehead atoms. The van der Waals surface area contributed by atoms with Crippen molar-refractivity contribution >= 4 is 33.8 Å². The highest BCUT2D eigenvalue weighted by Gasteiger charge is 2.32. The first-order valence-corrected chi connectivity index (χ1v) is 10.5. The van der Waals surface area contributed by atoms with Crippen molar-refractivity contribution in [2.24, 2.45) is 0 Å². The van der Waals surface area contributed by atoms with E-state index < -0.39 is 29.0 Å². The highest BCUT2D eigenvalue weighted by molar-refractivity contribution is 7.14. The molecule has 4 aromatic rings. The van der Waals surface area contributed by atoms with Crippen LogP contribution in [-0.4, -0.2) is 15.9 Å². The van der Waals surface area contributed by atoms with Crippen molar-refractivity contribution in [3.8, 4) is 11.3 Å². The summed E-state index contributed by atoms with van der Waals surface area (Å²) in [6.07, 6.45) is -1.32. The van der Waals surface area contributed by atoms with Crippen molar-refractivity contribution in [2.75, 3.05) is 10.6 Å². The normalized spacial score (nSPS) is 11.3. The first-order chi connectivity index (χ1) is 15.7. The highest BCUT2D eigenvalue weighted by atomic mass is 32.1. The van der Waals surface area contributed by atoms with Gasteiger partial charge in [-0.15, -0.1) is 11.3 Å². The van der Waals surface area contributed by atoms with E-state index >= 15 is 0 Å². The average molecular weight is 472 g/mol. The molecule has 0 spiro atoms. The fourth-order valence-corrected chi connectivity index (χ4v) is 3.73. The maximum Gasteiger partial charge on any atom is 0.416 e. The second-order valence-electron chi connectivity index (χ2n) is 7.08. The Morgan fingerprint density at radius 2 is 1.91 bits per heavy atom. The molecule has 168 valence electrons. The van der Waals surface area contributed by atoms with E-state index in [1.807, 2.05) is 24.4 Å². The van der Waals surface area contributed by atoms with Crippen molar-refractivity contribution in [1.82, 2.24) is 9.97 Å². The number of hydrogen-bond donors (Lipinski definition) is 2. The van der Waals surface area contributed by atoms with Crippen LogP contribution < -0.4 is 10.6 Å². The van der Waals surface area contributed by atoms with E-state index in [1.165, 1.54) is 11.3 Å². The van der Waals surface area contributed by atoms with Crippen molar-refractivity contribution in [1.29, 1.82) is 0 Å². The van der Waals surface area contributed by atoms with Crippen LogP contribution in [0.5, 0.6) is 0 Å². The van der Waals surface area contributed by atoms with Crippen LogP contribution in [0.4, 0.5) is 34.1 Å². The molecule has 2 aromatic carbocycles. The second-order valence-corrected chi connectivity index (χ2v) is 7.94. The number of amides is 1. The molecule has 0 radical (unpaired) electrons. The molecule has 0 saturated heterocycles. The Morgan fingerprint density at radius 1 is 1.09 bits per heavy atom. The molecular weight excluding hydrogens is 456 g/mol. The molecule has 0 atom stereocenters. The van der Waals surface area contributed by atoms with Crippen molar-refractivity contribution < 1.29 is 22.4 Å². The predicted molar refractivity (Wildman–Crippen MR) is 119 cm³/mol. The van der Waals surface area contributed by atoms with Gasteiger partial charge in [0.25, 0.3) is 5.91 Å². The number of rotatable bonds is 5. The van der Waals surface area contributed by atoms with Crippen LogP contribution in [0.1, 0.15) is 21.5 Å². The molecule has 0 aliphatic heterocycles. The standard InChI is InChI=1S/C23H16F4N4OS/c1-13-4-6-16(29-21(32)17-9-15(23(25,26)27)5-7-18(17)24)10-19(13)30-22-31-20(12-33-22)14-3-2-8-28-11-14/h2-12H,1H3,(H,29,32)(H,30,31). The van der Waals surface area contributed by atoms with Gasteiger partial charge >= 0.3 is 6.18 Å². The van der Waals surface area contributed by atoms with E-state index in [9.17, 15) is 22.4 Å². The lowest BCUT2D eigenvalue weighted by Crippen LogP contribution is -2.16. The largest absolute Gasteiger partial charge is 0.416 e. The minimum absolute atomic E-state index is 0.286. The van der Waals surface area contributed by atoms with Crippen molar-refractivity contribution in [2.45, 2.75) is 13.1 Å². The van der Waals surface area contributed by atoms with Gasteiger partial charge in [0.15, 0.2) is 5.13 Å². The first-order valence-electron chi connectivity index (χ1n) is 9.62. The number of pyridine rings is 1. The number of benzene rings is 2. The zero-order valence-electron chi connectivity index (χ0n) is 17.1. The van der Waals surface area contributed by atoms with Crippen molar-refractivity contribution in [3.05, 3.63) is 88.8 Å². The summed E-state index contributed by atoms with van der Waals surface area (Å²) in [5.74, 6) is -2.03. The lowest BCUT2D eigenvalue weighted by atomic mass is 10.1. The molecule has 1 amide bonds. The Balaban J connectivity index is 1.54. The van der Waals surface area contributed by atoms with Crippen LogP contribution in [-0.2, 0) is 6.18 Å². The number of anilines is 3. The number of nitrogens with zero attached hydrogens (tertiary/aromatic N) is 2. The first kappa shape index (κ1) is 22.4. The van der Waals surface area contributed by atoms with E-state index in [4.69, 9.17) is 0 Å². The number of alkyl halides is 3. The zero-order chi connectivity index (χ0) is 23.6. The number of hydrogen-bond acceptors (Lipinski definition) is 5. The van der Waals surface area contributed by atoms with Gasteiger partial charge in [-0.05, 0) is 55.0 Å². The number of carbonyl (C=O) groups is 1. The summed E-state index contributed by atoms with van der Waals surface area (Å²) >= 11 is 1.38. The number of halogens is 4. The SMILES string of the molecule is Cc1ccc(NC(=O)c2cc(C(F)(F)F)ccc2F)cc1Nc1nc(-c2cccnc2)cs1. The quantitative estimate of drug-likeness (QED) is 0.319. The van der Waals surface area contributed by atoms with Gasteiger partial charge in [-0.3, -0.25) is 9.78 Å². The molecule has 5 nitrogen and oxygen atoms in total. The fourth-order valence-electron chi connectivity index (χ4n) is 3.00. The summed E-state index contributed by atoms with van der Waals surface area (Å²) in [5, 5.41) is 8.09. The van der Waals surface area contributed by atoms with E-state index in [1.54, 1.807) is 30.6 Å². The van der Waals surface area contributed by atoms with Gasteiger partial charge in [0, 0.05) is 34.7 Å². The van der Waals surface area contributed by atoms with E-state index in [2.05, 4.69) is 20.6 Å². The van der Waals surface area contributed by atoms with Crippen LogP contribution >= 0.6 is 11.3 Å². The lowest BCUT2D eigenvalue weighted by Gasteiger charge is -2.12. The Morgan fingerprint density at radius 3 is 2.64 bits per heavy atom. The molecule has 10 heteroatoms. The van der Waals surface area contributed by atoms with Gasteiger partial charge in [0.2, 0.25) is 0 Å². The van der Waals surface area contributed by atoms with Gasteiger partial charge in [-0.2, -0.15) is 13.2 Å². The third-order valence-electron chi connectivity index (χ3n) is 4.74. The number of nitrogens with one attached hydrogen (secondary N) is 2. The minimum atomic E-state index is -4.69. The van der Waals surface area contributed by atoms with Crippen LogP contribution in [0.25, 0.3) is 11.3 Å². The molecule has 0 fully saturated rings. The van der Waals surface area contributed by atoms with Crippen LogP contribution in [0.3, 0.4) is 0 Å². The van der Waals surface area contributed by atoms with Gasteiger partial charge < -0.3 is 10.6 Å². The van der Waals surface area contributed by atoms with Crippen molar-refractivity contribution in [3.63, 3.8) is 0 Å². The van der Waals surface area contributed by atoms with E-state index in [0.29, 0.717) is 29.0 Å². The molecule has 0 saturated carbocycles. The molecule has 0 aliphatic carbocycles. The minimum Gasteiger partial charge on any atom is -0.331 e. The van der Waals surface area contributed by atoms with Crippen LogP contribution in [0, 0.1) is 12.7 Å². The third-order valence-corrected chi connectivity index (χ3v) is 5.49. The summed E-state index contributed by atoms with van der Waals surface area (Å²) in [6, 6.07) is 10.3. The second kappa shape index (κ2) is 8.99. The maximum atomic E-state index is 14.0. The molecule has 4 rings (SSSR count).